The minimum Gasteiger partial charge on any atom is -0.411 e. The van der Waals surface area contributed by atoms with Crippen LogP contribution in [0.5, 0.6) is 0 Å². The zero-order valence-corrected chi connectivity index (χ0v) is 15.8. The van der Waals surface area contributed by atoms with E-state index in [1.807, 2.05) is 31.2 Å². The molecule has 1 atom stereocenters. The van der Waals surface area contributed by atoms with E-state index in [0.717, 1.165) is 30.4 Å². The number of thioether (sulfide) groups is 1. The third kappa shape index (κ3) is 4.25. The summed E-state index contributed by atoms with van der Waals surface area (Å²) >= 11 is 1.21. The summed E-state index contributed by atoms with van der Waals surface area (Å²) in [5.74, 6) is 0.259. The van der Waals surface area contributed by atoms with Gasteiger partial charge in [-0.25, -0.2) is 0 Å². The quantitative estimate of drug-likeness (QED) is 0.803. The molecular weight excluding hydrogens is 348 g/mol. The van der Waals surface area contributed by atoms with E-state index in [2.05, 4.69) is 21.6 Å². The first-order chi connectivity index (χ1) is 12.5. The average molecular weight is 370 g/mol. The number of nitriles is 1. The minimum atomic E-state index is -0.730. The molecule has 1 unspecified atom stereocenters. The van der Waals surface area contributed by atoms with Crippen LogP contribution in [0.15, 0.2) is 33.9 Å². The van der Waals surface area contributed by atoms with Gasteiger partial charge in [0, 0.05) is 5.56 Å². The fourth-order valence-corrected chi connectivity index (χ4v) is 3.72. The van der Waals surface area contributed by atoms with Gasteiger partial charge in [0.1, 0.15) is 5.54 Å². The van der Waals surface area contributed by atoms with E-state index in [4.69, 9.17) is 4.42 Å². The lowest BCUT2D eigenvalue weighted by Crippen LogP contribution is -2.50. The Morgan fingerprint density at radius 3 is 2.62 bits per heavy atom. The number of amides is 1. The van der Waals surface area contributed by atoms with E-state index in [1.165, 1.54) is 11.8 Å². The molecule has 1 N–H and O–H groups in total. The highest BCUT2D eigenvalue weighted by atomic mass is 32.2. The molecule has 7 heteroatoms. The van der Waals surface area contributed by atoms with Gasteiger partial charge in [0.15, 0.2) is 0 Å². The van der Waals surface area contributed by atoms with Crippen LogP contribution < -0.4 is 5.32 Å². The molecule has 1 heterocycles. The number of aryl methyl sites for hydroxylation is 1. The molecule has 0 aliphatic heterocycles. The van der Waals surface area contributed by atoms with Crippen LogP contribution in [0.4, 0.5) is 0 Å². The first-order valence-electron chi connectivity index (χ1n) is 8.82. The topological polar surface area (TPSA) is 91.8 Å². The summed E-state index contributed by atoms with van der Waals surface area (Å²) in [4.78, 5) is 12.5. The molecular formula is C19H22N4O2S. The highest BCUT2D eigenvalue weighted by Crippen LogP contribution is 2.30. The van der Waals surface area contributed by atoms with Crippen LogP contribution in [0.3, 0.4) is 0 Å². The summed E-state index contributed by atoms with van der Waals surface area (Å²) in [5.41, 5.74) is 1.27. The van der Waals surface area contributed by atoms with Crippen LogP contribution >= 0.6 is 11.8 Å². The maximum absolute atomic E-state index is 12.5. The van der Waals surface area contributed by atoms with Crippen molar-refractivity contribution in [3.05, 3.63) is 29.8 Å². The molecule has 136 valence electrons. The predicted molar refractivity (Wildman–Crippen MR) is 99.4 cm³/mol. The van der Waals surface area contributed by atoms with Crippen LogP contribution in [-0.2, 0) is 4.79 Å². The van der Waals surface area contributed by atoms with Gasteiger partial charge in [-0.15, -0.1) is 10.2 Å². The Bertz CT molecular complexity index is 804. The van der Waals surface area contributed by atoms with Crippen molar-refractivity contribution in [2.75, 3.05) is 0 Å². The smallest absolute Gasteiger partial charge is 0.277 e. The number of carbonyl (C=O) groups excluding carboxylic acids is 1. The highest BCUT2D eigenvalue weighted by Gasteiger charge is 2.35. The van der Waals surface area contributed by atoms with Crippen LogP contribution in [0.25, 0.3) is 11.5 Å². The maximum atomic E-state index is 12.5. The summed E-state index contributed by atoms with van der Waals surface area (Å²) < 4.78 is 5.67. The normalized spacial score (nSPS) is 17.3. The third-order valence-electron chi connectivity index (χ3n) is 4.64. The molecule has 6 nitrogen and oxygen atoms in total. The second kappa shape index (κ2) is 7.92. The van der Waals surface area contributed by atoms with Gasteiger partial charge in [0.25, 0.3) is 5.22 Å². The Morgan fingerprint density at radius 1 is 1.27 bits per heavy atom. The fraction of sp³-hybridized carbons (Fsp3) is 0.474. The van der Waals surface area contributed by atoms with Crippen LogP contribution in [-0.4, -0.2) is 26.9 Å². The molecule has 1 aromatic heterocycles. The van der Waals surface area contributed by atoms with Crippen molar-refractivity contribution >= 4 is 17.7 Å². The molecule has 3 rings (SSSR count). The van der Waals surface area contributed by atoms with Crippen molar-refractivity contribution in [3.63, 3.8) is 0 Å². The fourth-order valence-electron chi connectivity index (χ4n) is 3.03. The van der Waals surface area contributed by atoms with Gasteiger partial charge in [-0.2, -0.15) is 5.26 Å². The number of nitrogens with one attached hydrogen (secondary N) is 1. The zero-order valence-electron chi connectivity index (χ0n) is 15.0. The Hall–Kier alpha value is -2.33. The van der Waals surface area contributed by atoms with Gasteiger partial charge < -0.3 is 9.73 Å². The van der Waals surface area contributed by atoms with Crippen molar-refractivity contribution in [2.45, 2.75) is 62.0 Å². The number of benzene rings is 1. The SMILES string of the molecule is Cc1ccc(-c2nnc(SC(C)C(=O)NC3(C#N)CCCCC3)o2)cc1. The summed E-state index contributed by atoms with van der Waals surface area (Å²) in [6.07, 6.45) is 4.49. The highest BCUT2D eigenvalue weighted by molar-refractivity contribution is 8.00. The second-order valence-electron chi connectivity index (χ2n) is 6.74. The number of hydrogen-bond acceptors (Lipinski definition) is 6. The zero-order chi connectivity index (χ0) is 18.6. The molecule has 1 aliphatic rings. The van der Waals surface area contributed by atoms with E-state index in [0.29, 0.717) is 24.0 Å². The summed E-state index contributed by atoms with van der Waals surface area (Å²) in [6.45, 7) is 3.79. The lowest BCUT2D eigenvalue weighted by atomic mass is 9.83. The van der Waals surface area contributed by atoms with Gasteiger partial charge >= 0.3 is 0 Å². The third-order valence-corrected chi connectivity index (χ3v) is 5.57. The maximum Gasteiger partial charge on any atom is 0.277 e. The number of aromatic nitrogens is 2. The van der Waals surface area contributed by atoms with E-state index in [1.54, 1.807) is 6.92 Å². The van der Waals surface area contributed by atoms with Gasteiger partial charge in [-0.1, -0.05) is 48.7 Å². The van der Waals surface area contributed by atoms with Gasteiger partial charge in [-0.05, 0) is 38.8 Å². The van der Waals surface area contributed by atoms with E-state index >= 15 is 0 Å². The standard InChI is InChI=1S/C19H22N4O2S/c1-13-6-8-15(9-7-13)17-22-23-18(25-17)26-14(2)16(24)21-19(12-20)10-4-3-5-11-19/h6-9,14H,3-5,10-11H2,1-2H3,(H,21,24). The van der Waals surface area contributed by atoms with Gasteiger partial charge in [0.2, 0.25) is 11.8 Å². The molecule has 1 aliphatic carbocycles. The molecule has 0 spiro atoms. The van der Waals surface area contributed by atoms with Crippen molar-refractivity contribution in [3.8, 4) is 17.5 Å². The van der Waals surface area contributed by atoms with Gasteiger partial charge in [-0.3, -0.25) is 4.79 Å². The summed E-state index contributed by atoms with van der Waals surface area (Å²) in [6, 6.07) is 10.1. The second-order valence-corrected chi connectivity index (χ2v) is 8.04. The van der Waals surface area contributed by atoms with E-state index in [-0.39, 0.29) is 5.91 Å². The van der Waals surface area contributed by atoms with Crippen molar-refractivity contribution < 1.29 is 9.21 Å². The minimum absolute atomic E-state index is 0.173. The lowest BCUT2D eigenvalue weighted by molar-refractivity contribution is -0.122. The molecule has 0 bridgehead atoms. The number of rotatable bonds is 5. The van der Waals surface area contributed by atoms with Crippen LogP contribution in [0.2, 0.25) is 0 Å². The average Bonchev–Trinajstić information content (AvgIpc) is 3.11. The summed E-state index contributed by atoms with van der Waals surface area (Å²) in [5, 5.41) is 20.4. The summed E-state index contributed by atoms with van der Waals surface area (Å²) in [7, 11) is 0. The van der Waals surface area contributed by atoms with Crippen molar-refractivity contribution in [2.24, 2.45) is 0 Å². The van der Waals surface area contributed by atoms with E-state index < -0.39 is 10.8 Å². The first kappa shape index (κ1) is 18.5. The molecule has 0 saturated heterocycles. The predicted octanol–water partition coefficient (Wildman–Crippen LogP) is 3.87. The van der Waals surface area contributed by atoms with Crippen molar-refractivity contribution in [1.82, 2.24) is 15.5 Å². The van der Waals surface area contributed by atoms with E-state index in [9.17, 15) is 10.1 Å². The Morgan fingerprint density at radius 2 is 1.96 bits per heavy atom. The Labute approximate surface area is 157 Å². The number of carbonyl (C=O) groups is 1. The monoisotopic (exact) mass is 370 g/mol. The molecule has 1 amide bonds. The largest absolute Gasteiger partial charge is 0.411 e. The molecule has 26 heavy (non-hydrogen) atoms. The molecule has 2 aromatic rings. The molecule has 0 radical (unpaired) electrons. The van der Waals surface area contributed by atoms with Crippen LogP contribution in [0.1, 0.15) is 44.6 Å². The molecule has 1 saturated carbocycles. The Balaban J connectivity index is 1.62. The number of hydrogen-bond donors (Lipinski definition) is 1. The lowest BCUT2D eigenvalue weighted by Gasteiger charge is -2.32. The molecule has 1 aromatic carbocycles. The van der Waals surface area contributed by atoms with Crippen molar-refractivity contribution in [1.29, 1.82) is 5.26 Å². The molecule has 1 fully saturated rings. The first-order valence-corrected chi connectivity index (χ1v) is 9.70. The Kier molecular flexibility index (Phi) is 5.62. The van der Waals surface area contributed by atoms with Crippen LogP contribution in [0, 0.1) is 18.3 Å². The van der Waals surface area contributed by atoms with Gasteiger partial charge in [0.05, 0.1) is 11.3 Å². The number of nitrogens with zero attached hydrogens (tertiary/aromatic N) is 3.